The van der Waals surface area contributed by atoms with E-state index in [4.69, 9.17) is 0 Å². The SMILES string of the molecule is Cc1ccccc1CN(C(=O)CN(c1ccccc1F)S(=O)(=O)N(C)C)[C@@H](Cc1ccccc1)C(=O)NC(C)C. The van der Waals surface area contributed by atoms with Crippen LogP contribution in [0.25, 0.3) is 0 Å². The molecule has 0 aromatic heterocycles. The van der Waals surface area contributed by atoms with Crippen molar-refractivity contribution in [2.24, 2.45) is 0 Å². The molecule has 0 bridgehead atoms. The number of halogens is 1. The molecule has 0 unspecified atom stereocenters. The largest absolute Gasteiger partial charge is 0.352 e. The second-order valence-electron chi connectivity index (χ2n) is 10.1. The first-order chi connectivity index (χ1) is 18.9. The summed E-state index contributed by atoms with van der Waals surface area (Å²) in [6.45, 7) is 4.92. The van der Waals surface area contributed by atoms with Crippen molar-refractivity contribution >= 4 is 27.7 Å². The highest BCUT2D eigenvalue weighted by molar-refractivity contribution is 7.90. The molecule has 0 fully saturated rings. The summed E-state index contributed by atoms with van der Waals surface area (Å²) in [5.41, 5.74) is 2.29. The van der Waals surface area contributed by atoms with E-state index in [2.05, 4.69) is 5.32 Å². The zero-order valence-electron chi connectivity index (χ0n) is 23.5. The van der Waals surface area contributed by atoms with Gasteiger partial charge in [0.1, 0.15) is 18.4 Å². The maximum atomic E-state index is 14.9. The van der Waals surface area contributed by atoms with E-state index in [0.717, 1.165) is 31.4 Å². The Bertz CT molecular complexity index is 1410. The highest BCUT2D eigenvalue weighted by atomic mass is 32.2. The standard InChI is InChI=1S/C30H37FN4O4S/c1-22(2)32-30(37)28(19-24-14-7-6-8-15-24)34(20-25-16-10-9-13-23(25)3)29(36)21-35(40(38,39)33(4)5)27-18-12-11-17-26(27)31/h6-18,22,28H,19-21H2,1-5H3,(H,32,37)/t28-/m0/s1. The topological polar surface area (TPSA) is 90.0 Å². The predicted octanol–water partition coefficient (Wildman–Crippen LogP) is 3.91. The van der Waals surface area contributed by atoms with E-state index in [-0.39, 0.29) is 30.6 Å². The molecule has 0 saturated carbocycles. The van der Waals surface area contributed by atoms with Crippen LogP contribution < -0.4 is 9.62 Å². The number of rotatable bonds is 12. The minimum Gasteiger partial charge on any atom is -0.352 e. The van der Waals surface area contributed by atoms with Gasteiger partial charge in [0, 0.05) is 33.1 Å². The lowest BCUT2D eigenvalue weighted by molar-refractivity contribution is -0.140. The highest BCUT2D eigenvalue weighted by Gasteiger charge is 2.35. The van der Waals surface area contributed by atoms with Gasteiger partial charge in [-0.1, -0.05) is 66.7 Å². The van der Waals surface area contributed by atoms with Gasteiger partial charge in [0.25, 0.3) is 0 Å². The van der Waals surface area contributed by atoms with Gasteiger partial charge in [-0.2, -0.15) is 12.7 Å². The number of aryl methyl sites for hydroxylation is 1. The first kappa shape index (κ1) is 30.8. The number of hydrogen-bond acceptors (Lipinski definition) is 4. The van der Waals surface area contributed by atoms with Gasteiger partial charge in [0.15, 0.2) is 0 Å². The lowest BCUT2D eigenvalue weighted by Gasteiger charge is -2.35. The summed E-state index contributed by atoms with van der Waals surface area (Å²) in [5.74, 6) is -1.80. The lowest BCUT2D eigenvalue weighted by atomic mass is 10.0. The minimum absolute atomic E-state index is 0.0572. The van der Waals surface area contributed by atoms with Gasteiger partial charge in [0.05, 0.1) is 5.69 Å². The molecule has 10 heteroatoms. The van der Waals surface area contributed by atoms with Gasteiger partial charge < -0.3 is 10.2 Å². The number of carbonyl (C=O) groups excluding carboxylic acids is 2. The van der Waals surface area contributed by atoms with Crippen LogP contribution in [0.1, 0.15) is 30.5 Å². The average Bonchev–Trinajstić information content (AvgIpc) is 2.90. The number of carbonyl (C=O) groups is 2. The molecule has 3 aromatic rings. The van der Waals surface area contributed by atoms with Crippen molar-refractivity contribution in [3.05, 3.63) is 101 Å². The van der Waals surface area contributed by atoms with Crippen molar-refractivity contribution in [2.75, 3.05) is 24.9 Å². The van der Waals surface area contributed by atoms with E-state index in [1.165, 1.54) is 37.2 Å². The van der Waals surface area contributed by atoms with Gasteiger partial charge >= 0.3 is 10.2 Å². The molecular weight excluding hydrogens is 531 g/mol. The maximum Gasteiger partial charge on any atom is 0.304 e. The van der Waals surface area contributed by atoms with Crippen molar-refractivity contribution in [3.8, 4) is 0 Å². The first-order valence-corrected chi connectivity index (χ1v) is 14.4. The first-order valence-electron chi connectivity index (χ1n) is 13.0. The average molecular weight is 569 g/mol. The molecule has 1 atom stereocenters. The third-order valence-corrected chi connectivity index (χ3v) is 8.25. The molecule has 1 N–H and O–H groups in total. The summed E-state index contributed by atoms with van der Waals surface area (Å²) >= 11 is 0. The fraction of sp³-hybridized carbons (Fsp3) is 0.333. The lowest BCUT2D eigenvalue weighted by Crippen LogP contribution is -2.55. The van der Waals surface area contributed by atoms with Crippen LogP contribution in [-0.4, -0.2) is 62.2 Å². The second-order valence-corrected chi connectivity index (χ2v) is 12.1. The molecular formula is C30H37FN4O4S. The molecule has 0 aliphatic heterocycles. The van der Waals surface area contributed by atoms with Crippen molar-refractivity contribution in [1.82, 2.24) is 14.5 Å². The highest BCUT2D eigenvalue weighted by Crippen LogP contribution is 2.24. The van der Waals surface area contributed by atoms with Gasteiger partial charge in [-0.05, 0) is 49.6 Å². The Hall–Kier alpha value is -3.76. The van der Waals surface area contributed by atoms with E-state index < -0.39 is 34.5 Å². The number of para-hydroxylation sites is 1. The van der Waals surface area contributed by atoms with Crippen molar-refractivity contribution in [2.45, 2.75) is 45.8 Å². The summed E-state index contributed by atoms with van der Waals surface area (Å²) in [4.78, 5) is 29.1. The molecule has 3 aromatic carbocycles. The third-order valence-electron chi connectivity index (χ3n) is 6.44. The zero-order chi connectivity index (χ0) is 29.4. The van der Waals surface area contributed by atoms with Crippen molar-refractivity contribution in [1.29, 1.82) is 0 Å². The number of anilines is 1. The Morgan fingerprint density at radius 2 is 1.50 bits per heavy atom. The summed E-state index contributed by atoms with van der Waals surface area (Å²) in [7, 11) is -1.64. The number of nitrogens with one attached hydrogen (secondary N) is 1. The van der Waals surface area contributed by atoms with Crippen LogP contribution in [-0.2, 0) is 32.8 Å². The molecule has 0 spiro atoms. The van der Waals surface area contributed by atoms with E-state index in [1.54, 1.807) is 0 Å². The van der Waals surface area contributed by atoms with Crippen LogP contribution in [0.4, 0.5) is 10.1 Å². The van der Waals surface area contributed by atoms with Crippen LogP contribution in [0.3, 0.4) is 0 Å². The summed E-state index contributed by atoms with van der Waals surface area (Å²) < 4.78 is 43.2. The van der Waals surface area contributed by atoms with Gasteiger partial charge in [-0.25, -0.2) is 8.70 Å². The smallest absolute Gasteiger partial charge is 0.304 e. The third kappa shape index (κ3) is 7.67. The van der Waals surface area contributed by atoms with Gasteiger partial charge in [-0.15, -0.1) is 0 Å². The fourth-order valence-electron chi connectivity index (χ4n) is 4.26. The predicted molar refractivity (Wildman–Crippen MR) is 155 cm³/mol. The van der Waals surface area contributed by atoms with E-state index in [9.17, 15) is 22.4 Å². The molecule has 8 nitrogen and oxygen atoms in total. The molecule has 0 aliphatic rings. The van der Waals surface area contributed by atoms with E-state index in [0.29, 0.717) is 0 Å². The Morgan fingerprint density at radius 3 is 2.10 bits per heavy atom. The monoisotopic (exact) mass is 568 g/mol. The number of amides is 2. The molecule has 40 heavy (non-hydrogen) atoms. The van der Waals surface area contributed by atoms with E-state index >= 15 is 0 Å². The second kappa shape index (κ2) is 13.5. The Labute approximate surface area is 236 Å². The Balaban J connectivity index is 2.12. The minimum atomic E-state index is -4.27. The number of nitrogens with zero attached hydrogens (tertiary/aromatic N) is 3. The van der Waals surface area contributed by atoms with E-state index in [1.807, 2.05) is 75.4 Å². The summed E-state index contributed by atoms with van der Waals surface area (Å²) in [5, 5.41) is 2.91. The maximum absolute atomic E-state index is 14.9. The van der Waals surface area contributed by atoms with Crippen LogP contribution >= 0.6 is 0 Å². The van der Waals surface area contributed by atoms with Crippen LogP contribution in [0.15, 0.2) is 78.9 Å². The van der Waals surface area contributed by atoms with Gasteiger partial charge in [0.2, 0.25) is 11.8 Å². The molecule has 214 valence electrons. The normalized spacial score (nSPS) is 12.3. The summed E-state index contributed by atoms with van der Waals surface area (Å²) in [6, 6.07) is 21.0. The fourth-order valence-corrected chi connectivity index (χ4v) is 5.33. The summed E-state index contributed by atoms with van der Waals surface area (Å²) in [6.07, 6.45) is 0.205. The molecule has 0 aliphatic carbocycles. The molecule has 0 radical (unpaired) electrons. The zero-order valence-corrected chi connectivity index (χ0v) is 24.4. The molecule has 0 saturated heterocycles. The molecule has 3 rings (SSSR count). The molecule has 0 heterocycles. The van der Waals surface area contributed by atoms with Crippen molar-refractivity contribution in [3.63, 3.8) is 0 Å². The molecule has 2 amide bonds. The van der Waals surface area contributed by atoms with Crippen LogP contribution in [0.5, 0.6) is 0 Å². The van der Waals surface area contributed by atoms with Gasteiger partial charge in [-0.3, -0.25) is 9.59 Å². The van der Waals surface area contributed by atoms with Crippen molar-refractivity contribution < 1.29 is 22.4 Å². The van der Waals surface area contributed by atoms with Crippen LogP contribution in [0, 0.1) is 12.7 Å². The van der Waals surface area contributed by atoms with Crippen LogP contribution in [0.2, 0.25) is 0 Å². The Kier molecular flexibility index (Phi) is 10.4. The quantitative estimate of drug-likeness (QED) is 0.359. The Morgan fingerprint density at radius 1 is 0.900 bits per heavy atom. The number of benzene rings is 3. The number of hydrogen-bond donors (Lipinski definition) is 1.